The van der Waals surface area contributed by atoms with Crippen LogP contribution < -0.4 is 0 Å². The summed E-state index contributed by atoms with van der Waals surface area (Å²) < 4.78 is 0. The predicted molar refractivity (Wildman–Crippen MR) is 61.5 cm³/mol. The van der Waals surface area contributed by atoms with Gasteiger partial charge in [-0.15, -0.1) is 0 Å². The standard InChI is InChI=1S/C12H20S/c1-3-5-7-11(6-4-2)12-8-9-13-10-12/h8-11H,3-7H2,1-2H3. The second kappa shape index (κ2) is 6.20. The van der Waals surface area contributed by atoms with Crippen molar-refractivity contribution in [2.24, 2.45) is 0 Å². The lowest BCUT2D eigenvalue weighted by atomic mass is 9.92. The van der Waals surface area contributed by atoms with Gasteiger partial charge in [0.1, 0.15) is 0 Å². The lowest BCUT2D eigenvalue weighted by molar-refractivity contribution is 0.542. The molecule has 1 heterocycles. The van der Waals surface area contributed by atoms with Crippen molar-refractivity contribution in [2.75, 3.05) is 0 Å². The maximum atomic E-state index is 2.32. The normalized spacial score (nSPS) is 13.1. The van der Waals surface area contributed by atoms with E-state index >= 15 is 0 Å². The van der Waals surface area contributed by atoms with Gasteiger partial charge in [0, 0.05) is 0 Å². The summed E-state index contributed by atoms with van der Waals surface area (Å²) >= 11 is 1.83. The molecular weight excluding hydrogens is 176 g/mol. The van der Waals surface area contributed by atoms with Crippen molar-refractivity contribution < 1.29 is 0 Å². The Hall–Kier alpha value is -0.300. The summed E-state index contributed by atoms with van der Waals surface area (Å²) in [5.74, 6) is 0.830. The molecule has 0 aromatic carbocycles. The first-order chi connectivity index (χ1) is 6.38. The Labute approximate surface area is 86.0 Å². The topological polar surface area (TPSA) is 0 Å². The molecule has 0 spiro atoms. The third kappa shape index (κ3) is 3.51. The van der Waals surface area contributed by atoms with Crippen LogP contribution in [0, 0.1) is 0 Å². The number of unbranched alkanes of at least 4 members (excludes halogenated alkanes) is 1. The molecule has 0 N–H and O–H groups in total. The van der Waals surface area contributed by atoms with Crippen molar-refractivity contribution in [1.82, 2.24) is 0 Å². The van der Waals surface area contributed by atoms with Gasteiger partial charge in [0.25, 0.3) is 0 Å². The SMILES string of the molecule is CCCCC(CCC)c1ccsc1. The van der Waals surface area contributed by atoms with Gasteiger partial charge in [-0.2, -0.15) is 11.3 Å². The first kappa shape index (κ1) is 10.8. The third-order valence-electron chi connectivity index (χ3n) is 2.56. The molecule has 0 saturated heterocycles. The molecule has 0 bridgehead atoms. The van der Waals surface area contributed by atoms with Crippen LogP contribution >= 0.6 is 11.3 Å². The summed E-state index contributed by atoms with van der Waals surface area (Å²) in [4.78, 5) is 0. The molecule has 0 amide bonds. The van der Waals surface area contributed by atoms with E-state index in [0.29, 0.717) is 0 Å². The zero-order valence-corrected chi connectivity index (χ0v) is 9.57. The highest BCUT2D eigenvalue weighted by atomic mass is 32.1. The largest absolute Gasteiger partial charge is 0.152 e. The molecule has 1 heteroatoms. The predicted octanol–water partition coefficient (Wildman–Crippen LogP) is 4.82. The molecule has 1 aromatic heterocycles. The fraction of sp³-hybridized carbons (Fsp3) is 0.667. The average molecular weight is 196 g/mol. The summed E-state index contributed by atoms with van der Waals surface area (Å²) in [6.45, 7) is 4.56. The van der Waals surface area contributed by atoms with Gasteiger partial charge in [0.15, 0.2) is 0 Å². The van der Waals surface area contributed by atoms with Crippen LogP contribution in [0.15, 0.2) is 16.8 Å². The fourth-order valence-electron chi connectivity index (χ4n) is 1.78. The Morgan fingerprint density at radius 1 is 1.23 bits per heavy atom. The van der Waals surface area contributed by atoms with Gasteiger partial charge in [-0.25, -0.2) is 0 Å². The number of thiophene rings is 1. The van der Waals surface area contributed by atoms with E-state index in [1.165, 1.54) is 32.1 Å². The number of hydrogen-bond donors (Lipinski definition) is 0. The molecule has 0 aliphatic carbocycles. The van der Waals surface area contributed by atoms with E-state index in [4.69, 9.17) is 0 Å². The second-order valence-corrected chi connectivity index (χ2v) is 4.46. The van der Waals surface area contributed by atoms with Gasteiger partial charge < -0.3 is 0 Å². The first-order valence-corrected chi connectivity index (χ1v) is 6.34. The van der Waals surface area contributed by atoms with Crippen LogP contribution in [0.3, 0.4) is 0 Å². The Bertz CT molecular complexity index is 201. The summed E-state index contributed by atoms with van der Waals surface area (Å²) in [5.41, 5.74) is 1.57. The van der Waals surface area contributed by atoms with Crippen molar-refractivity contribution in [1.29, 1.82) is 0 Å². The highest BCUT2D eigenvalue weighted by molar-refractivity contribution is 7.07. The molecule has 0 nitrogen and oxygen atoms in total. The second-order valence-electron chi connectivity index (χ2n) is 3.68. The maximum absolute atomic E-state index is 2.32. The Kier molecular flexibility index (Phi) is 5.14. The van der Waals surface area contributed by atoms with Crippen LogP contribution in [0.1, 0.15) is 57.4 Å². The van der Waals surface area contributed by atoms with Crippen molar-refractivity contribution in [3.63, 3.8) is 0 Å². The van der Waals surface area contributed by atoms with E-state index in [-0.39, 0.29) is 0 Å². The molecule has 0 aliphatic rings. The molecule has 13 heavy (non-hydrogen) atoms. The molecule has 1 aromatic rings. The van der Waals surface area contributed by atoms with Gasteiger partial charge in [0.2, 0.25) is 0 Å². The maximum Gasteiger partial charge on any atom is -0.00584 e. The van der Waals surface area contributed by atoms with Gasteiger partial charge in [-0.1, -0.05) is 33.1 Å². The molecule has 0 saturated carbocycles. The molecule has 0 radical (unpaired) electrons. The zero-order valence-electron chi connectivity index (χ0n) is 8.75. The minimum absolute atomic E-state index is 0.830. The van der Waals surface area contributed by atoms with Crippen LogP contribution in [0.5, 0.6) is 0 Å². The fourth-order valence-corrected chi connectivity index (χ4v) is 2.53. The monoisotopic (exact) mass is 196 g/mol. The molecule has 1 rings (SSSR count). The highest BCUT2D eigenvalue weighted by Gasteiger charge is 2.09. The summed E-state index contributed by atoms with van der Waals surface area (Å²) in [5, 5.41) is 4.51. The molecule has 74 valence electrons. The quantitative estimate of drug-likeness (QED) is 0.612. The lowest BCUT2D eigenvalue weighted by Crippen LogP contribution is -1.96. The minimum Gasteiger partial charge on any atom is -0.152 e. The first-order valence-electron chi connectivity index (χ1n) is 5.40. The van der Waals surface area contributed by atoms with E-state index < -0.39 is 0 Å². The van der Waals surface area contributed by atoms with Crippen molar-refractivity contribution in [3.05, 3.63) is 22.4 Å². The molecule has 1 atom stereocenters. The van der Waals surface area contributed by atoms with Gasteiger partial charge in [-0.3, -0.25) is 0 Å². The van der Waals surface area contributed by atoms with E-state index in [1.807, 2.05) is 11.3 Å². The van der Waals surface area contributed by atoms with Gasteiger partial charge in [0.05, 0.1) is 0 Å². The van der Waals surface area contributed by atoms with Crippen LogP contribution in [-0.2, 0) is 0 Å². The van der Waals surface area contributed by atoms with Gasteiger partial charge in [-0.05, 0) is 41.1 Å². The number of rotatable bonds is 6. The number of hydrogen-bond acceptors (Lipinski definition) is 1. The van der Waals surface area contributed by atoms with Crippen LogP contribution in [0.2, 0.25) is 0 Å². The Morgan fingerprint density at radius 2 is 2.08 bits per heavy atom. The minimum atomic E-state index is 0.830. The smallest absolute Gasteiger partial charge is 0.00584 e. The average Bonchev–Trinajstić information content (AvgIpc) is 2.65. The van der Waals surface area contributed by atoms with E-state index in [1.54, 1.807) is 5.56 Å². The molecular formula is C12H20S. The zero-order chi connectivity index (χ0) is 9.52. The lowest BCUT2D eigenvalue weighted by Gasteiger charge is -2.13. The van der Waals surface area contributed by atoms with E-state index in [2.05, 4.69) is 30.7 Å². The molecule has 0 aliphatic heterocycles. The van der Waals surface area contributed by atoms with Crippen LogP contribution in [-0.4, -0.2) is 0 Å². The van der Waals surface area contributed by atoms with Crippen LogP contribution in [0.25, 0.3) is 0 Å². The Balaban J connectivity index is 2.47. The van der Waals surface area contributed by atoms with Crippen molar-refractivity contribution in [2.45, 2.75) is 51.9 Å². The summed E-state index contributed by atoms with van der Waals surface area (Å²) in [6.07, 6.45) is 6.74. The van der Waals surface area contributed by atoms with Gasteiger partial charge >= 0.3 is 0 Å². The van der Waals surface area contributed by atoms with E-state index in [0.717, 1.165) is 5.92 Å². The van der Waals surface area contributed by atoms with Crippen molar-refractivity contribution >= 4 is 11.3 Å². The molecule has 0 fully saturated rings. The van der Waals surface area contributed by atoms with Crippen molar-refractivity contribution in [3.8, 4) is 0 Å². The summed E-state index contributed by atoms with van der Waals surface area (Å²) in [6, 6.07) is 2.29. The molecule has 1 unspecified atom stereocenters. The van der Waals surface area contributed by atoms with E-state index in [9.17, 15) is 0 Å². The van der Waals surface area contributed by atoms with Crippen LogP contribution in [0.4, 0.5) is 0 Å². The summed E-state index contributed by atoms with van der Waals surface area (Å²) in [7, 11) is 0. The third-order valence-corrected chi connectivity index (χ3v) is 3.26. The highest BCUT2D eigenvalue weighted by Crippen LogP contribution is 2.28. The Morgan fingerprint density at radius 3 is 2.62 bits per heavy atom.